The summed E-state index contributed by atoms with van der Waals surface area (Å²) >= 11 is 0. The van der Waals surface area contributed by atoms with Crippen LogP contribution in [0.5, 0.6) is 0 Å². The lowest BCUT2D eigenvalue weighted by molar-refractivity contribution is -0.130. The van der Waals surface area contributed by atoms with Gasteiger partial charge in [-0.1, -0.05) is 24.3 Å². The number of hydrogen-bond acceptors (Lipinski definition) is 2. The zero-order valence-electron chi connectivity index (χ0n) is 12.8. The van der Waals surface area contributed by atoms with E-state index in [1.54, 1.807) is 16.7 Å². The van der Waals surface area contributed by atoms with Crippen LogP contribution in [0.2, 0.25) is 0 Å². The van der Waals surface area contributed by atoms with Crippen molar-refractivity contribution in [3.63, 3.8) is 0 Å². The summed E-state index contributed by atoms with van der Waals surface area (Å²) in [6.45, 7) is 6.75. The fourth-order valence-corrected chi connectivity index (χ4v) is 2.53. The van der Waals surface area contributed by atoms with Crippen LogP contribution in [-0.4, -0.2) is 54.5 Å². The molecule has 0 saturated carbocycles. The highest BCUT2D eigenvalue weighted by molar-refractivity contribution is 5.76. The second-order valence-electron chi connectivity index (χ2n) is 5.40. The van der Waals surface area contributed by atoms with Gasteiger partial charge in [0.15, 0.2) is 0 Å². The summed E-state index contributed by atoms with van der Waals surface area (Å²) in [5.41, 5.74) is 2.51. The Hall–Kier alpha value is -2.04. The van der Waals surface area contributed by atoms with Gasteiger partial charge < -0.3 is 15.1 Å². The van der Waals surface area contributed by atoms with Gasteiger partial charge in [-0.15, -0.1) is 0 Å². The molecule has 5 heteroatoms. The lowest BCUT2D eigenvalue weighted by Gasteiger charge is -2.34. The second-order valence-corrected chi connectivity index (χ2v) is 5.40. The Labute approximate surface area is 125 Å². The summed E-state index contributed by atoms with van der Waals surface area (Å²) in [7, 11) is 0. The molecule has 3 amide bonds. The lowest BCUT2D eigenvalue weighted by Crippen LogP contribution is -2.53. The Morgan fingerprint density at radius 2 is 1.71 bits per heavy atom. The van der Waals surface area contributed by atoms with Crippen molar-refractivity contribution in [2.75, 3.05) is 32.7 Å². The van der Waals surface area contributed by atoms with Crippen molar-refractivity contribution in [1.82, 2.24) is 15.1 Å². The SMILES string of the molecule is CC(=O)N1CCN(C(=O)NCCc2ccccc2C)CC1. The Kier molecular flexibility index (Phi) is 5.20. The summed E-state index contributed by atoms with van der Waals surface area (Å²) in [6, 6.07) is 8.18. The molecule has 0 bridgehead atoms. The van der Waals surface area contributed by atoms with E-state index >= 15 is 0 Å². The first-order chi connectivity index (χ1) is 10.1. The van der Waals surface area contributed by atoms with E-state index in [0.29, 0.717) is 32.7 Å². The molecule has 114 valence electrons. The number of benzene rings is 1. The second kappa shape index (κ2) is 7.11. The maximum absolute atomic E-state index is 12.1. The Morgan fingerprint density at radius 1 is 1.10 bits per heavy atom. The molecule has 2 rings (SSSR count). The van der Waals surface area contributed by atoms with Gasteiger partial charge in [0.1, 0.15) is 0 Å². The number of piperazine rings is 1. The molecule has 1 aliphatic rings. The summed E-state index contributed by atoms with van der Waals surface area (Å²) < 4.78 is 0. The molecule has 1 N–H and O–H groups in total. The van der Waals surface area contributed by atoms with Crippen LogP contribution in [0.25, 0.3) is 0 Å². The first kappa shape index (κ1) is 15.4. The standard InChI is InChI=1S/C16H23N3O2/c1-13-5-3-4-6-15(13)7-8-17-16(21)19-11-9-18(10-12-19)14(2)20/h3-6H,7-12H2,1-2H3,(H,17,21). The summed E-state index contributed by atoms with van der Waals surface area (Å²) in [5, 5.41) is 2.96. The minimum Gasteiger partial charge on any atom is -0.339 e. The number of rotatable bonds is 3. The van der Waals surface area contributed by atoms with Crippen LogP contribution >= 0.6 is 0 Å². The Bertz CT molecular complexity index is 508. The van der Waals surface area contributed by atoms with Gasteiger partial charge in [-0.3, -0.25) is 4.79 Å². The Morgan fingerprint density at radius 3 is 2.33 bits per heavy atom. The highest BCUT2D eigenvalue weighted by Crippen LogP contribution is 2.07. The van der Waals surface area contributed by atoms with E-state index in [9.17, 15) is 9.59 Å². The van der Waals surface area contributed by atoms with E-state index in [-0.39, 0.29) is 11.9 Å². The molecule has 1 aliphatic heterocycles. The first-order valence-corrected chi connectivity index (χ1v) is 7.40. The number of carbonyl (C=O) groups excluding carboxylic acids is 2. The minimum absolute atomic E-state index is 0.0354. The smallest absolute Gasteiger partial charge is 0.317 e. The van der Waals surface area contributed by atoms with Crippen molar-refractivity contribution in [2.45, 2.75) is 20.3 Å². The number of urea groups is 1. The molecule has 1 aromatic rings. The molecule has 1 aromatic carbocycles. The largest absolute Gasteiger partial charge is 0.339 e. The molecule has 0 aliphatic carbocycles. The van der Waals surface area contributed by atoms with Crippen LogP contribution in [0.1, 0.15) is 18.1 Å². The number of hydrogen-bond donors (Lipinski definition) is 1. The van der Waals surface area contributed by atoms with Gasteiger partial charge in [0, 0.05) is 39.6 Å². The quantitative estimate of drug-likeness (QED) is 0.915. The minimum atomic E-state index is -0.0354. The molecule has 1 fully saturated rings. The third-order valence-electron chi connectivity index (χ3n) is 3.94. The monoisotopic (exact) mass is 289 g/mol. The van der Waals surface area contributed by atoms with Crippen LogP contribution < -0.4 is 5.32 Å². The molecule has 0 aromatic heterocycles. The number of nitrogens with zero attached hydrogens (tertiary/aromatic N) is 2. The van der Waals surface area contributed by atoms with Gasteiger partial charge in [-0.2, -0.15) is 0 Å². The lowest BCUT2D eigenvalue weighted by atomic mass is 10.1. The molecule has 5 nitrogen and oxygen atoms in total. The van der Waals surface area contributed by atoms with Gasteiger partial charge in [0.25, 0.3) is 0 Å². The molecule has 0 radical (unpaired) electrons. The van der Waals surface area contributed by atoms with E-state index in [2.05, 4.69) is 24.4 Å². The third-order valence-corrected chi connectivity index (χ3v) is 3.94. The van der Waals surface area contributed by atoms with Crippen molar-refractivity contribution in [3.05, 3.63) is 35.4 Å². The molecule has 0 atom stereocenters. The van der Waals surface area contributed by atoms with Gasteiger partial charge in [-0.05, 0) is 24.5 Å². The van der Waals surface area contributed by atoms with E-state index in [4.69, 9.17) is 0 Å². The van der Waals surface area contributed by atoms with E-state index in [1.807, 2.05) is 12.1 Å². The first-order valence-electron chi connectivity index (χ1n) is 7.40. The summed E-state index contributed by atoms with van der Waals surface area (Å²) in [4.78, 5) is 26.9. The molecule has 1 heterocycles. The predicted molar refractivity (Wildman–Crippen MR) is 82.1 cm³/mol. The fraction of sp³-hybridized carbons (Fsp3) is 0.500. The van der Waals surface area contributed by atoms with Crippen molar-refractivity contribution in [3.8, 4) is 0 Å². The number of nitrogens with one attached hydrogen (secondary N) is 1. The molecular formula is C16H23N3O2. The maximum atomic E-state index is 12.1. The van der Waals surface area contributed by atoms with Crippen LogP contribution in [0.3, 0.4) is 0 Å². The van der Waals surface area contributed by atoms with Gasteiger partial charge in [-0.25, -0.2) is 4.79 Å². The van der Waals surface area contributed by atoms with Crippen LogP contribution in [0.4, 0.5) is 4.79 Å². The molecular weight excluding hydrogens is 266 g/mol. The summed E-state index contributed by atoms with van der Waals surface area (Å²) in [6.07, 6.45) is 0.839. The zero-order chi connectivity index (χ0) is 15.2. The van der Waals surface area contributed by atoms with Crippen molar-refractivity contribution >= 4 is 11.9 Å². The normalized spacial score (nSPS) is 15.0. The fourth-order valence-electron chi connectivity index (χ4n) is 2.53. The average molecular weight is 289 g/mol. The van der Waals surface area contributed by atoms with Crippen LogP contribution in [-0.2, 0) is 11.2 Å². The topological polar surface area (TPSA) is 52.7 Å². The molecule has 0 unspecified atom stereocenters. The Balaban J connectivity index is 1.73. The average Bonchev–Trinajstić information content (AvgIpc) is 2.49. The molecule has 21 heavy (non-hydrogen) atoms. The van der Waals surface area contributed by atoms with Crippen molar-refractivity contribution < 1.29 is 9.59 Å². The number of aryl methyl sites for hydroxylation is 1. The van der Waals surface area contributed by atoms with E-state index in [0.717, 1.165) is 6.42 Å². The van der Waals surface area contributed by atoms with Gasteiger partial charge in [0.05, 0.1) is 0 Å². The summed E-state index contributed by atoms with van der Waals surface area (Å²) in [5.74, 6) is 0.0783. The predicted octanol–water partition coefficient (Wildman–Crippen LogP) is 1.41. The van der Waals surface area contributed by atoms with Crippen LogP contribution in [0, 0.1) is 6.92 Å². The number of amides is 3. The van der Waals surface area contributed by atoms with Crippen molar-refractivity contribution in [1.29, 1.82) is 0 Å². The number of carbonyl (C=O) groups is 2. The maximum Gasteiger partial charge on any atom is 0.317 e. The van der Waals surface area contributed by atoms with Gasteiger partial charge in [0.2, 0.25) is 5.91 Å². The van der Waals surface area contributed by atoms with Gasteiger partial charge >= 0.3 is 6.03 Å². The zero-order valence-corrected chi connectivity index (χ0v) is 12.8. The van der Waals surface area contributed by atoms with Crippen LogP contribution in [0.15, 0.2) is 24.3 Å². The highest BCUT2D eigenvalue weighted by atomic mass is 16.2. The van der Waals surface area contributed by atoms with E-state index in [1.165, 1.54) is 11.1 Å². The molecule has 0 spiro atoms. The van der Waals surface area contributed by atoms with Crippen molar-refractivity contribution in [2.24, 2.45) is 0 Å². The molecule has 1 saturated heterocycles. The highest BCUT2D eigenvalue weighted by Gasteiger charge is 2.21. The third kappa shape index (κ3) is 4.21. The van der Waals surface area contributed by atoms with E-state index < -0.39 is 0 Å².